The Morgan fingerprint density at radius 3 is 2.52 bits per heavy atom. The number of likely N-dealkylation sites (N-methyl/N-ethyl adjacent to an activating group) is 1. The lowest BCUT2D eigenvalue weighted by Crippen LogP contribution is -2.20. The summed E-state index contributed by atoms with van der Waals surface area (Å²) in [6.07, 6.45) is 4.61. The van der Waals surface area contributed by atoms with E-state index in [2.05, 4.69) is 23.3 Å². The van der Waals surface area contributed by atoms with Crippen LogP contribution in [0.5, 0.6) is 11.5 Å². The van der Waals surface area contributed by atoms with Crippen molar-refractivity contribution < 1.29 is 9.47 Å². The molecule has 21 heavy (non-hydrogen) atoms. The molecule has 1 atom stereocenters. The number of nitrogens with one attached hydrogen (secondary N) is 1. The summed E-state index contributed by atoms with van der Waals surface area (Å²) in [5.74, 6) is 1.51. The molecular formula is C17H22N2O2. The van der Waals surface area contributed by atoms with Crippen molar-refractivity contribution in [2.24, 2.45) is 0 Å². The van der Waals surface area contributed by atoms with Gasteiger partial charge in [0, 0.05) is 18.4 Å². The van der Waals surface area contributed by atoms with Crippen molar-refractivity contribution in [3.63, 3.8) is 0 Å². The molecule has 2 aromatic rings. The van der Waals surface area contributed by atoms with Crippen molar-refractivity contribution in [1.82, 2.24) is 10.3 Å². The molecule has 1 unspecified atom stereocenters. The van der Waals surface area contributed by atoms with Gasteiger partial charge in [0.25, 0.3) is 0 Å². The number of aryl methyl sites for hydroxylation is 1. The van der Waals surface area contributed by atoms with Crippen molar-refractivity contribution in [1.29, 1.82) is 0 Å². The lowest BCUT2D eigenvalue weighted by Gasteiger charge is -2.19. The summed E-state index contributed by atoms with van der Waals surface area (Å²) in [5, 5.41) is 3.36. The third kappa shape index (κ3) is 3.52. The fourth-order valence-electron chi connectivity index (χ4n) is 2.45. The highest BCUT2D eigenvalue weighted by molar-refractivity contribution is 5.43. The zero-order chi connectivity index (χ0) is 15.2. The van der Waals surface area contributed by atoms with Gasteiger partial charge in [0.2, 0.25) is 0 Å². The van der Waals surface area contributed by atoms with Gasteiger partial charge in [0.1, 0.15) is 0 Å². The molecule has 0 radical (unpaired) electrons. The highest BCUT2D eigenvalue weighted by Gasteiger charge is 2.14. The van der Waals surface area contributed by atoms with Gasteiger partial charge in [-0.15, -0.1) is 0 Å². The van der Waals surface area contributed by atoms with Crippen LogP contribution in [0, 0.1) is 6.92 Å². The number of hydrogen-bond donors (Lipinski definition) is 1. The van der Waals surface area contributed by atoms with E-state index in [4.69, 9.17) is 9.47 Å². The van der Waals surface area contributed by atoms with Gasteiger partial charge in [0.15, 0.2) is 11.5 Å². The van der Waals surface area contributed by atoms with E-state index in [-0.39, 0.29) is 6.04 Å². The molecule has 0 fully saturated rings. The molecule has 1 N–H and O–H groups in total. The Morgan fingerprint density at radius 1 is 1.14 bits per heavy atom. The average Bonchev–Trinajstić information content (AvgIpc) is 2.53. The number of nitrogens with zero attached hydrogens (tertiary/aromatic N) is 1. The van der Waals surface area contributed by atoms with Gasteiger partial charge < -0.3 is 14.8 Å². The second kappa shape index (κ2) is 7.09. The second-order valence-corrected chi connectivity index (χ2v) is 4.97. The topological polar surface area (TPSA) is 43.4 Å². The SMILES string of the molecule is CNC(Cc1ccc(OC)c(OC)c1)c1cnccc1C. The predicted molar refractivity (Wildman–Crippen MR) is 84.0 cm³/mol. The summed E-state index contributed by atoms with van der Waals surface area (Å²) in [6.45, 7) is 2.11. The number of methoxy groups -OCH3 is 2. The Hall–Kier alpha value is -2.07. The summed E-state index contributed by atoms with van der Waals surface area (Å²) in [5.41, 5.74) is 3.65. The van der Waals surface area contributed by atoms with Gasteiger partial charge in [-0.1, -0.05) is 6.07 Å². The zero-order valence-corrected chi connectivity index (χ0v) is 13.0. The van der Waals surface area contributed by atoms with Crippen LogP contribution in [0.2, 0.25) is 0 Å². The van der Waals surface area contributed by atoms with Crippen molar-refractivity contribution in [2.45, 2.75) is 19.4 Å². The van der Waals surface area contributed by atoms with Gasteiger partial charge >= 0.3 is 0 Å². The molecule has 4 heteroatoms. The van der Waals surface area contributed by atoms with Gasteiger partial charge in [-0.25, -0.2) is 0 Å². The molecule has 0 saturated heterocycles. The maximum Gasteiger partial charge on any atom is 0.160 e. The molecule has 1 aromatic carbocycles. The van der Waals surface area contributed by atoms with E-state index in [9.17, 15) is 0 Å². The Morgan fingerprint density at radius 2 is 1.90 bits per heavy atom. The molecule has 0 amide bonds. The third-order valence-corrected chi connectivity index (χ3v) is 3.69. The quantitative estimate of drug-likeness (QED) is 0.886. The minimum atomic E-state index is 0.219. The van der Waals surface area contributed by atoms with Gasteiger partial charge in [0.05, 0.1) is 14.2 Å². The number of aromatic nitrogens is 1. The first kappa shape index (κ1) is 15.3. The minimum Gasteiger partial charge on any atom is -0.493 e. The van der Waals surface area contributed by atoms with Crippen molar-refractivity contribution in [3.05, 3.63) is 53.3 Å². The van der Waals surface area contributed by atoms with Crippen LogP contribution < -0.4 is 14.8 Å². The Labute approximate surface area is 126 Å². The largest absolute Gasteiger partial charge is 0.493 e. The number of pyridine rings is 1. The normalized spacial score (nSPS) is 12.0. The van der Waals surface area contributed by atoms with Crippen LogP contribution in [-0.4, -0.2) is 26.3 Å². The Balaban J connectivity index is 2.25. The third-order valence-electron chi connectivity index (χ3n) is 3.69. The smallest absolute Gasteiger partial charge is 0.160 e. The summed E-state index contributed by atoms with van der Waals surface area (Å²) >= 11 is 0. The van der Waals surface area contributed by atoms with Crippen molar-refractivity contribution >= 4 is 0 Å². The molecule has 0 bridgehead atoms. The van der Waals surface area contributed by atoms with E-state index in [0.717, 1.165) is 17.9 Å². The van der Waals surface area contributed by atoms with Crippen LogP contribution in [0.3, 0.4) is 0 Å². The number of rotatable bonds is 6. The van der Waals surface area contributed by atoms with E-state index in [1.807, 2.05) is 37.6 Å². The lowest BCUT2D eigenvalue weighted by atomic mass is 9.97. The fourth-order valence-corrected chi connectivity index (χ4v) is 2.45. The number of ether oxygens (including phenoxy) is 2. The minimum absolute atomic E-state index is 0.219. The molecule has 2 rings (SSSR count). The second-order valence-electron chi connectivity index (χ2n) is 4.97. The highest BCUT2D eigenvalue weighted by atomic mass is 16.5. The van der Waals surface area contributed by atoms with Crippen LogP contribution in [0.15, 0.2) is 36.7 Å². The molecule has 4 nitrogen and oxygen atoms in total. The Kier molecular flexibility index (Phi) is 5.17. The standard InChI is InChI=1S/C17H22N2O2/c1-12-7-8-19-11-14(12)15(18-2)9-13-5-6-16(20-3)17(10-13)21-4/h5-8,10-11,15,18H,9H2,1-4H3. The summed E-state index contributed by atoms with van der Waals surface area (Å²) < 4.78 is 10.6. The maximum absolute atomic E-state index is 5.36. The maximum atomic E-state index is 5.36. The van der Waals surface area contributed by atoms with E-state index < -0.39 is 0 Å². The predicted octanol–water partition coefficient (Wildman–Crippen LogP) is 2.91. The molecule has 0 saturated carbocycles. The first-order valence-electron chi connectivity index (χ1n) is 6.98. The first-order valence-corrected chi connectivity index (χ1v) is 6.98. The molecule has 0 aliphatic carbocycles. The molecule has 1 heterocycles. The molecule has 0 aliphatic rings. The van der Waals surface area contributed by atoms with Crippen LogP contribution in [0.1, 0.15) is 22.7 Å². The first-order chi connectivity index (χ1) is 10.2. The van der Waals surface area contributed by atoms with E-state index >= 15 is 0 Å². The highest BCUT2D eigenvalue weighted by Crippen LogP contribution is 2.29. The summed E-state index contributed by atoms with van der Waals surface area (Å²) in [7, 11) is 5.27. The van der Waals surface area contributed by atoms with Crippen molar-refractivity contribution in [2.75, 3.05) is 21.3 Å². The van der Waals surface area contributed by atoms with Gasteiger partial charge in [-0.05, 0) is 55.3 Å². The van der Waals surface area contributed by atoms with E-state index in [1.54, 1.807) is 14.2 Å². The van der Waals surface area contributed by atoms with Gasteiger partial charge in [-0.3, -0.25) is 4.98 Å². The molecule has 112 valence electrons. The van der Waals surface area contributed by atoms with Crippen LogP contribution >= 0.6 is 0 Å². The molecular weight excluding hydrogens is 264 g/mol. The molecule has 1 aromatic heterocycles. The lowest BCUT2D eigenvalue weighted by molar-refractivity contribution is 0.354. The van der Waals surface area contributed by atoms with E-state index in [1.165, 1.54) is 16.7 Å². The monoisotopic (exact) mass is 286 g/mol. The zero-order valence-electron chi connectivity index (χ0n) is 13.0. The van der Waals surface area contributed by atoms with E-state index in [0.29, 0.717) is 0 Å². The summed E-state index contributed by atoms with van der Waals surface area (Å²) in [4.78, 5) is 4.23. The van der Waals surface area contributed by atoms with Gasteiger partial charge in [-0.2, -0.15) is 0 Å². The molecule has 0 spiro atoms. The summed E-state index contributed by atoms with van der Waals surface area (Å²) in [6, 6.07) is 8.29. The van der Waals surface area contributed by atoms with Crippen LogP contribution in [-0.2, 0) is 6.42 Å². The molecule has 0 aliphatic heterocycles. The number of hydrogen-bond acceptors (Lipinski definition) is 4. The number of benzene rings is 1. The Bertz CT molecular complexity index is 599. The fraction of sp³-hybridized carbons (Fsp3) is 0.353. The van der Waals surface area contributed by atoms with Crippen LogP contribution in [0.4, 0.5) is 0 Å². The van der Waals surface area contributed by atoms with Crippen molar-refractivity contribution in [3.8, 4) is 11.5 Å². The van der Waals surface area contributed by atoms with Crippen LogP contribution in [0.25, 0.3) is 0 Å². The average molecular weight is 286 g/mol.